The molecule has 0 unspecified atom stereocenters. The van der Waals surface area contributed by atoms with E-state index in [1.54, 1.807) is 24.1 Å². The lowest BCUT2D eigenvalue weighted by molar-refractivity contribution is 0.371. The molecule has 5 rings (SSSR count). The van der Waals surface area contributed by atoms with Crippen LogP contribution < -0.4 is 19.7 Å². The summed E-state index contributed by atoms with van der Waals surface area (Å²) in [5, 5.41) is 16.5. The number of nitrogens with one attached hydrogen (secondary N) is 1. The Labute approximate surface area is 202 Å². The zero-order chi connectivity index (χ0) is 23.8. The van der Waals surface area contributed by atoms with Crippen LogP contribution in [-0.2, 0) is 0 Å². The Morgan fingerprint density at radius 1 is 1.15 bits per heavy atom. The van der Waals surface area contributed by atoms with Gasteiger partial charge in [-0.25, -0.2) is 9.07 Å². The van der Waals surface area contributed by atoms with Gasteiger partial charge in [-0.05, 0) is 50.7 Å². The topological polar surface area (TPSA) is 90.2 Å². The summed E-state index contributed by atoms with van der Waals surface area (Å²) in [6.45, 7) is 5.78. The van der Waals surface area contributed by atoms with Crippen LogP contribution >= 0.6 is 11.6 Å². The van der Waals surface area contributed by atoms with Crippen molar-refractivity contribution in [2.45, 2.75) is 38.8 Å². The fraction of sp³-hybridized carbons (Fsp3) is 0.478. The zero-order valence-corrected chi connectivity index (χ0v) is 20.0. The molecule has 3 aromatic rings. The van der Waals surface area contributed by atoms with E-state index in [2.05, 4.69) is 30.5 Å². The number of methoxy groups -OCH3 is 1. The number of nitrogens with zero attached hydrogens (tertiary/aromatic N) is 6. The van der Waals surface area contributed by atoms with Crippen LogP contribution in [0.15, 0.2) is 30.5 Å². The van der Waals surface area contributed by atoms with Crippen LogP contribution in [0, 0.1) is 17.7 Å². The number of fused-ring (bicyclic) bond motifs is 2. The number of anilines is 2. The average Bonchev–Trinajstić information content (AvgIpc) is 3.29. The van der Waals surface area contributed by atoms with E-state index < -0.39 is 5.82 Å². The maximum absolute atomic E-state index is 13.8. The standard InChI is InChI=1S/C23H27ClFN7O2/c1-13(2)32-23(34-19-7-16(24)6-17(25)8-19)28-22(30-32)27-21-14-4-5-15(21)12-31(11-14)18-9-20(33-3)29-26-10-18/h6-10,13-15,21H,4-5,11-12H2,1-3H3,(H,27,30)/t14-,15+,21-. The maximum atomic E-state index is 13.8. The van der Waals surface area contributed by atoms with E-state index in [1.165, 1.54) is 12.1 Å². The van der Waals surface area contributed by atoms with Crippen molar-refractivity contribution < 1.29 is 13.9 Å². The van der Waals surface area contributed by atoms with E-state index in [0.29, 0.717) is 29.7 Å². The summed E-state index contributed by atoms with van der Waals surface area (Å²) in [7, 11) is 1.60. The quantitative estimate of drug-likeness (QED) is 0.518. The minimum absolute atomic E-state index is 0.00909. The molecule has 1 aromatic carbocycles. The molecule has 3 heterocycles. The molecule has 0 amide bonds. The second kappa shape index (κ2) is 9.25. The molecule has 1 N–H and O–H groups in total. The van der Waals surface area contributed by atoms with Crippen LogP contribution in [0.3, 0.4) is 0 Å². The van der Waals surface area contributed by atoms with Gasteiger partial charge in [0.2, 0.25) is 11.8 Å². The minimum Gasteiger partial charge on any atom is -0.480 e. The van der Waals surface area contributed by atoms with Gasteiger partial charge >= 0.3 is 6.01 Å². The molecule has 0 spiro atoms. The van der Waals surface area contributed by atoms with E-state index in [4.69, 9.17) is 21.1 Å². The van der Waals surface area contributed by atoms with E-state index >= 15 is 0 Å². The predicted molar refractivity (Wildman–Crippen MR) is 126 cm³/mol. The smallest absolute Gasteiger partial charge is 0.322 e. The van der Waals surface area contributed by atoms with Gasteiger partial charge in [-0.15, -0.1) is 10.2 Å². The average molecular weight is 488 g/mol. The first-order valence-electron chi connectivity index (χ1n) is 11.4. The normalized spacial score (nSPS) is 21.7. The largest absolute Gasteiger partial charge is 0.480 e. The van der Waals surface area contributed by atoms with Gasteiger partial charge in [-0.1, -0.05) is 11.6 Å². The maximum Gasteiger partial charge on any atom is 0.322 e. The van der Waals surface area contributed by atoms with Crippen molar-refractivity contribution >= 4 is 23.2 Å². The highest BCUT2D eigenvalue weighted by Crippen LogP contribution is 2.40. The van der Waals surface area contributed by atoms with Crippen LogP contribution in [-0.4, -0.2) is 51.2 Å². The Balaban J connectivity index is 1.32. The number of hydrogen-bond acceptors (Lipinski definition) is 8. The third-order valence-electron chi connectivity index (χ3n) is 6.46. The molecular weight excluding hydrogens is 461 g/mol. The SMILES string of the molecule is COc1cc(N2C[C@H]3CC[C@@H](C2)[C@@H]3Nc2nc(Oc3cc(F)cc(Cl)c3)n(C(C)C)n2)cnn1. The van der Waals surface area contributed by atoms with Crippen molar-refractivity contribution in [1.82, 2.24) is 25.0 Å². The molecule has 0 radical (unpaired) electrons. The minimum atomic E-state index is -0.471. The number of piperidine rings is 1. The summed E-state index contributed by atoms with van der Waals surface area (Å²) in [5.74, 6) is 1.71. The molecular formula is C23H27ClFN7O2. The Bertz CT molecular complexity index is 1140. The van der Waals surface area contributed by atoms with Gasteiger partial charge in [0, 0.05) is 36.3 Å². The molecule has 3 atom stereocenters. The van der Waals surface area contributed by atoms with Crippen LogP contribution in [0.5, 0.6) is 17.6 Å². The second-order valence-electron chi connectivity index (χ2n) is 9.09. The highest BCUT2D eigenvalue weighted by molar-refractivity contribution is 6.30. The van der Waals surface area contributed by atoms with Gasteiger partial charge in [0.1, 0.15) is 11.6 Å². The molecule has 2 aromatic heterocycles. The van der Waals surface area contributed by atoms with Crippen molar-refractivity contribution in [2.75, 3.05) is 30.4 Å². The number of halogens is 2. The summed E-state index contributed by atoms with van der Waals surface area (Å²) < 4.78 is 26.5. The summed E-state index contributed by atoms with van der Waals surface area (Å²) in [5.41, 5.74) is 1.02. The lowest BCUT2D eigenvalue weighted by Crippen LogP contribution is -2.48. The fourth-order valence-corrected chi connectivity index (χ4v) is 5.11. The molecule has 1 saturated carbocycles. The molecule has 1 aliphatic heterocycles. The Morgan fingerprint density at radius 2 is 1.91 bits per heavy atom. The van der Waals surface area contributed by atoms with Crippen molar-refractivity contribution in [1.29, 1.82) is 0 Å². The molecule has 34 heavy (non-hydrogen) atoms. The van der Waals surface area contributed by atoms with Crippen molar-refractivity contribution in [3.8, 4) is 17.6 Å². The first kappa shape index (κ1) is 22.6. The molecule has 1 aliphatic carbocycles. The van der Waals surface area contributed by atoms with Crippen LogP contribution in [0.1, 0.15) is 32.7 Å². The number of ether oxygens (including phenoxy) is 2. The first-order valence-corrected chi connectivity index (χ1v) is 11.8. The van der Waals surface area contributed by atoms with E-state index in [1.807, 2.05) is 19.9 Å². The Morgan fingerprint density at radius 3 is 2.59 bits per heavy atom. The Kier molecular flexibility index (Phi) is 6.16. The van der Waals surface area contributed by atoms with Crippen LogP contribution in [0.2, 0.25) is 5.02 Å². The van der Waals surface area contributed by atoms with Crippen molar-refractivity contribution in [3.63, 3.8) is 0 Å². The predicted octanol–water partition coefficient (Wildman–Crippen LogP) is 4.57. The van der Waals surface area contributed by atoms with Crippen LogP contribution in [0.25, 0.3) is 0 Å². The van der Waals surface area contributed by atoms with Gasteiger partial charge < -0.3 is 19.7 Å². The van der Waals surface area contributed by atoms with Gasteiger partial charge in [-0.2, -0.15) is 10.1 Å². The highest BCUT2D eigenvalue weighted by Gasteiger charge is 2.43. The molecule has 11 heteroatoms. The number of rotatable bonds is 7. The lowest BCUT2D eigenvalue weighted by Gasteiger charge is -2.39. The van der Waals surface area contributed by atoms with Gasteiger partial charge in [0.15, 0.2) is 0 Å². The van der Waals surface area contributed by atoms with Crippen LogP contribution in [0.4, 0.5) is 16.0 Å². The first-order chi connectivity index (χ1) is 16.4. The molecule has 2 aliphatic rings. The molecule has 9 nitrogen and oxygen atoms in total. The third kappa shape index (κ3) is 4.59. The van der Waals surface area contributed by atoms with Crippen molar-refractivity contribution in [3.05, 3.63) is 41.3 Å². The van der Waals surface area contributed by atoms with Crippen molar-refractivity contribution in [2.24, 2.45) is 11.8 Å². The summed E-state index contributed by atoms with van der Waals surface area (Å²) in [4.78, 5) is 6.93. The summed E-state index contributed by atoms with van der Waals surface area (Å²) >= 11 is 5.97. The van der Waals surface area contributed by atoms with Gasteiger partial charge in [-0.3, -0.25) is 0 Å². The second-order valence-corrected chi connectivity index (χ2v) is 9.53. The fourth-order valence-electron chi connectivity index (χ4n) is 4.90. The van der Waals surface area contributed by atoms with E-state index in [9.17, 15) is 4.39 Å². The number of hydrogen-bond donors (Lipinski definition) is 1. The summed E-state index contributed by atoms with van der Waals surface area (Å²) in [6.07, 6.45) is 4.04. The molecule has 1 saturated heterocycles. The Hall–Kier alpha value is -3.14. The van der Waals surface area contributed by atoms with Gasteiger partial charge in [0.25, 0.3) is 0 Å². The highest BCUT2D eigenvalue weighted by atomic mass is 35.5. The number of aromatic nitrogens is 5. The third-order valence-corrected chi connectivity index (χ3v) is 6.67. The molecule has 2 fully saturated rings. The monoisotopic (exact) mass is 487 g/mol. The molecule has 2 bridgehead atoms. The zero-order valence-electron chi connectivity index (χ0n) is 19.3. The van der Waals surface area contributed by atoms with E-state index in [0.717, 1.165) is 31.6 Å². The van der Waals surface area contributed by atoms with Gasteiger partial charge in [0.05, 0.1) is 25.0 Å². The summed E-state index contributed by atoms with van der Waals surface area (Å²) in [6, 6.07) is 6.54. The lowest BCUT2D eigenvalue weighted by atomic mass is 9.92. The number of benzene rings is 1. The molecule has 180 valence electrons. The van der Waals surface area contributed by atoms with E-state index in [-0.39, 0.29) is 22.9 Å².